The Morgan fingerprint density at radius 3 is 2.56 bits per heavy atom. The number of imide groups is 1. The molecule has 1 aliphatic heterocycles. The summed E-state index contributed by atoms with van der Waals surface area (Å²) in [4.78, 5) is 29.6. The molecule has 2 rings (SSSR count). The standard InChI is InChI=1S/C20H29FN4O2/c1-4-22-19(23-11-12-25-17(26)9-6-10-18(25)27)24-14-20(2,3)15-7-5-8-16(21)13-15/h5,7-8,13H,4,6,9-12,14H2,1-3H3,(H2,22,23,24). The van der Waals surface area contributed by atoms with E-state index in [9.17, 15) is 14.0 Å². The second-order valence-corrected chi connectivity index (χ2v) is 7.31. The average molecular weight is 376 g/mol. The molecule has 0 atom stereocenters. The molecule has 1 heterocycles. The van der Waals surface area contributed by atoms with Crippen LogP contribution in [0.15, 0.2) is 29.3 Å². The van der Waals surface area contributed by atoms with E-state index in [1.807, 2.05) is 26.8 Å². The van der Waals surface area contributed by atoms with Crippen LogP contribution >= 0.6 is 0 Å². The molecule has 27 heavy (non-hydrogen) atoms. The molecule has 1 aromatic rings. The zero-order valence-electron chi connectivity index (χ0n) is 16.3. The Morgan fingerprint density at radius 2 is 1.93 bits per heavy atom. The molecule has 148 valence electrons. The van der Waals surface area contributed by atoms with Crippen molar-refractivity contribution in [1.82, 2.24) is 15.5 Å². The highest BCUT2D eigenvalue weighted by Crippen LogP contribution is 2.24. The Kier molecular flexibility index (Phi) is 7.33. The highest BCUT2D eigenvalue weighted by molar-refractivity contribution is 5.97. The first-order valence-electron chi connectivity index (χ1n) is 9.45. The van der Waals surface area contributed by atoms with Crippen molar-refractivity contribution in [2.24, 2.45) is 4.99 Å². The third kappa shape index (κ3) is 6.05. The molecule has 1 fully saturated rings. The Labute approximate surface area is 160 Å². The number of amides is 2. The molecule has 0 radical (unpaired) electrons. The van der Waals surface area contributed by atoms with Gasteiger partial charge >= 0.3 is 0 Å². The predicted molar refractivity (Wildman–Crippen MR) is 104 cm³/mol. The maximum absolute atomic E-state index is 13.5. The minimum Gasteiger partial charge on any atom is -0.357 e. The van der Waals surface area contributed by atoms with E-state index in [2.05, 4.69) is 15.6 Å². The van der Waals surface area contributed by atoms with Crippen molar-refractivity contribution in [3.05, 3.63) is 35.6 Å². The van der Waals surface area contributed by atoms with Crippen molar-refractivity contribution in [3.63, 3.8) is 0 Å². The summed E-state index contributed by atoms with van der Waals surface area (Å²) in [7, 11) is 0. The lowest BCUT2D eigenvalue weighted by molar-refractivity contribution is -0.147. The van der Waals surface area contributed by atoms with Crippen molar-refractivity contribution in [2.75, 3.05) is 26.2 Å². The van der Waals surface area contributed by atoms with Crippen LogP contribution in [0.2, 0.25) is 0 Å². The van der Waals surface area contributed by atoms with Crippen LogP contribution in [0.5, 0.6) is 0 Å². The van der Waals surface area contributed by atoms with Gasteiger partial charge in [-0.1, -0.05) is 26.0 Å². The fourth-order valence-corrected chi connectivity index (χ4v) is 2.95. The molecule has 1 aliphatic rings. The molecule has 0 aliphatic carbocycles. The lowest BCUT2D eigenvalue weighted by Crippen LogP contribution is -2.46. The number of hydrogen-bond acceptors (Lipinski definition) is 3. The first kappa shape index (κ1) is 20.9. The molecule has 2 amide bonds. The number of nitrogens with one attached hydrogen (secondary N) is 2. The summed E-state index contributed by atoms with van der Waals surface area (Å²) >= 11 is 0. The fraction of sp³-hybridized carbons (Fsp3) is 0.550. The van der Waals surface area contributed by atoms with Crippen molar-refractivity contribution in [2.45, 2.75) is 45.4 Å². The van der Waals surface area contributed by atoms with Crippen LogP contribution in [-0.4, -0.2) is 48.9 Å². The number of guanidine groups is 1. The highest BCUT2D eigenvalue weighted by atomic mass is 19.1. The first-order chi connectivity index (χ1) is 12.8. The van der Waals surface area contributed by atoms with Gasteiger partial charge in [-0.3, -0.25) is 19.5 Å². The largest absolute Gasteiger partial charge is 0.357 e. The summed E-state index contributed by atoms with van der Waals surface area (Å²) in [5.41, 5.74) is 0.551. The minimum absolute atomic E-state index is 0.109. The Hall–Kier alpha value is -2.44. The van der Waals surface area contributed by atoms with Crippen LogP contribution in [-0.2, 0) is 15.0 Å². The summed E-state index contributed by atoms with van der Waals surface area (Å²) in [5.74, 6) is 0.133. The topological polar surface area (TPSA) is 73.8 Å². The number of aliphatic imine (C=N–C) groups is 1. The van der Waals surface area contributed by atoms with Crippen LogP contribution in [0.3, 0.4) is 0 Å². The summed E-state index contributed by atoms with van der Waals surface area (Å²) < 4.78 is 13.5. The summed E-state index contributed by atoms with van der Waals surface area (Å²) in [6, 6.07) is 6.56. The number of hydrogen-bond donors (Lipinski definition) is 2. The third-order valence-corrected chi connectivity index (χ3v) is 4.59. The van der Waals surface area contributed by atoms with E-state index in [1.54, 1.807) is 6.07 Å². The zero-order chi connectivity index (χ0) is 19.9. The maximum Gasteiger partial charge on any atom is 0.229 e. The molecular weight excluding hydrogens is 347 g/mol. The van der Waals surface area contributed by atoms with Crippen molar-refractivity contribution < 1.29 is 14.0 Å². The van der Waals surface area contributed by atoms with E-state index in [0.29, 0.717) is 51.4 Å². The number of likely N-dealkylation sites (tertiary alicyclic amines) is 1. The Morgan fingerprint density at radius 1 is 1.22 bits per heavy atom. The first-order valence-corrected chi connectivity index (χ1v) is 9.45. The number of carbonyl (C=O) groups is 2. The van der Waals surface area contributed by atoms with Gasteiger partial charge in [0.25, 0.3) is 0 Å². The number of carbonyl (C=O) groups excluding carboxylic acids is 2. The van der Waals surface area contributed by atoms with Gasteiger partial charge in [-0.05, 0) is 31.0 Å². The van der Waals surface area contributed by atoms with E-state index in [1.165, 1.54) is 17.0 Å². The van der Waals surface area contributed by atoms with Crippen LogP contribution in [0.25, 0.3) is 0 Å². The van der Waals surface area contributed by atoms with E-state index < -0.39 is 0 Å². The molecular formula is C20H29FN4O2. The van der Waals surface area contributed by atoms with Gasteiger partial charge in [0.1, 0.15) is 5.82 Å². The van der Waals surface area contributed by atoms with Crippen molar-refractivity contribution >= 4 is 17.8 Å². The highest BCUT2D eigenvalue weighted by Gasteiger charge is 2.25. The van der Waals surface area contributed by atoms with E-state index >= 15 is 0 Å². The van der Waals surface area contributed by atoms with Crippen LogP contribution in [0.1, 0.15) is 45.6 Å². The molecule has 1 saturated heterocycles. The lowest BCUT2D eigenvalue weighted by Gasteiger charge is -2.26. The molecule has 0 bridgehead atoms. The molecule has 0 aromatic heterocycles. The van der Waals surface area contributed by atoms with Crippen LogP contribution in [0.4, 0.5) is 4.39 Å². The monoisotopic (exact) mass is 376 g/mol. The lowest BCUT2D eigenvalue weighted by atomic mass is 9.85. The van der Waals surface area contributed by atoms with Gasteiger partial charge in [0.05, 0.1) is 6.54 Å². The average Bonchev–Trinajstić information content (AvgIpc) is 2.62. The van der Waals surface area contributed by atoms with Gasteiger partial charge in [0, 0.05) is 37.9 Å². The number of nitrogens with zero attached hydrogens (tertiary/aromatic N) is 2. The van der Waals surface area contributed by atoms with Crippen molar-refractivity contribution in [1.29, 1.82) is 0 Å². The molecule has 7 heteroatoms. The number of halogens is 1. The summed E-state index contributed by atoms with van der Waals surface area (Å²) in [5, 5.41) is 6.32. The second-order valence-electron chi connectivity index (χ2n) is 7.31. The number of benzene rings is 1. The maximum atomic E-state index is 13.5. The fourth-order valence-electron chi connectivity index (χ4n) is 2.95. The third-order valence-electron chi connectivity index (χ3n) is 4.59. The normalized spacial score (nSPS) is 15.9. The minimum atomic E-state index is -0.330. The molecule has 2 N–H and O–H groups in total. The van der Waals surface area contributed by atoms with Crippen LogP contribution < -0.4 is 10.6 Å². The molecule has 6 nitrogen and oxygen atoms in total. The van der Waals surface area contributed by atoms with Gasteiger partial charge in [-0.25, -0.2) is 4.39 Å². The predicted octanol–water partition coefficient (Wildman–Crippen LogP) is 2.20. The summed E-state index contributed by atoms with van der Waals surface area (Å²) in [6.45, 7) is 7.91. The molecule has 0 unspecified atom stereocenters. The van der Waals surface area contributed by atoms with E-state index in [-0.39, 0.29) is 23.0 Å². The van der Waals surface area contributed by atoms with Crippen LogP contribution in [0, 0.1) is 5.82 Å². The number of rotatable bonds is 7. The van der Waals surface area contributed by atoms with Crippen molar-refractivity contribution in [3.8, 4) is 0 Å². The van der Waals surface area contributed by atoms with Gasteiger partial charge in [0.2, 0.25) is 11.8 Å². The van der Waals surface area contributed by atoms with E-state index in [4.69, 9.17) is 0 Å². The Balaban J connectivity index is 1.95. The molecule has 1 aromatic carbocycles. The summed E-state index contributed by atoms with van der Waals surface area (Å²) in [6.07, 6.45) is 1.50. The Bertz CT molecular complexity index is 687. The quantitative estimate of drug-likeness (QED) is 0.435. The van der Waals surface area contributed by atoms with Gasteiger partial charge < -0.3 is 10.6 Å². The second kappa shape index (κ2) is 9.48. The van der Waals surface area contributed by atoms with Gasteiger partial charge in [0.15, 0.2) is 5.96 Å². The van der Waals surface area contributed by atoms with Gasteiger partial charge in [-0.2, -0.15) is 0 Å². The zero-order valence-corrected chi connectivity index (χ0v) is 16.3. The van der Waals surface area contributed by atoms with E-state index in [0.717, 1.165) is 5.56 Å². The van der Waals surface area contributed by atoms with Gasteiger partial charge in [-0.15, -0.1) is 0 Å². The number of piperidine rings is 1. The SMILES string of the molecule is CCNC(=NCC(C)(C)c1cccc(F)c1)NCCN1C(=O)CCCC1=O. The smallest absolute Gasteiger partial charge is 0.229 e. The molecule has 0 spiro atoms. The molecule has 0 saturated carbocycles.